The summed E-state index contributed by atoms with van der Waals surface area (Å²) in [5, 5.41) is 0.836. The van der Waals surface area contributed by atoms with Gasteiger partial charge in [-0.15, -0.1) is 0 Å². The van der Waals surface area contributed by atoms with Crippen LogP contribution in [0.4, 0.5) is 0 Å². The summed E-state index contributed by atoms with van der Waals surface area (Å²) in [5.74, 6) is 0.976. The number of hydrogen-bond acceptors (Lipinski definition) is 4. The maximum atomic E-state index is 5.05. The Bertz CT molecular complexity index is 225. The monoisotopic (exact) mass is 168 g/mol. The summed E-state index contributed by atoms with van der Waals surface area (Å²) < 4.78 is 5.05. The third kappa shape index (κ3) is 2.17. The Hall–Kier alpha value is -0.610. The predicted molar refractivity (Wildman–Crippen MR) is 42.5 cm³/mol. The van der Waals surface area contributed by atoms with E-state index < -0.39 is 0 Å². The Kier molecular flexibility index (Phi) is 2.05. The summed E-state index contributed by atoms with van der Waals surface area (Å²) in [5.41, 5.74) is 0. The largest absolute Gasteiger partial charge is 0.372 e. The van der Waals surface area contributed by atoms with Crippen molar-refractivity contribution in [2.45, 2.75) is 11.3 Å². The van der Waals surface area contributed by atoms with Gasteiger partial charge >= 0.3 is 0 Å². The van der Waals surface area contributed by atoms with Crippen LogP contribution in [0.5, 0.6) is 0 Å². The number of hydrogen-bond donors (Lipinski definition) is 0. The third-order valence-corrected chi connectivity index (χ3v) is 2.35. The molecule has 2 rings (SSSR count). The van der Waals surface area contributed by atoms with E-state index in [2.05, 4.69) is 9.97 Å². The van der Waals surface area contributed by atoms with E-state index in [0.717, 1.165) is 17.5 Å². The van der Waals surface area contributed by atoms with Crippen molar-refractivity contribution in [1.82, 2.24) is 9.97 Å². The van der Waals surface area contributed by atoms with Crippen LogP contribution in [-0.2, 0) is 4.74 Å². The molecule has 1 fully saturated rings. The summed E-state index contributed by atoms with van der Waals surface area (Å²) >= 11 is 1.64. The normalized spacial score (nSPS) is 21.6. The minimum absolute atomic E-state index is 0.448. The molecule has 4 heteroatoms. The number of nitrogens with zero attached hydrogens (tertiary/aromatic N) is 2. The molecule has 0 aromatic carbocycles. The molecule has 1 aromatic rings. The van der Waals surface area contributed by atoms with Gasteiger partial charge in [0.25, 0.3) is 0 Å². The zero-order valence-corrected chi connectivity index (χ0v) is 6.75. The first-order chi connectivity index (χ1) is 5.45. The molecule has 58 valence electrons. The highest BCUT2D eigenvalue weighted by atomic mass is 32.2. The average molecular weight is 168 g/mol. The molecule has 0 radical (unpaired) electrons. The van der Waals surface area contributed by atoms with Crippen molar-refractivity contribution in [1.29, 1.82) is 0 Å². The second kappa shape index (κ2) is 3.19. The standard InChI is InChI=1S/C7H8N2OS/c1-2-8-7(9-3-1)11-5-6-4-10-6/h1-3,6H,4-5H2. The summed E-state index contributed by atoms with van der Waals surface area (Å²) in [4.78, 5) is 8.15. The topological polar surface area (TPSA) is 38.3 Å². The molecule has 1 aromatic heterocycles. The first-order valence-corrected chi connectivity index (χ1v) is 4.45. The van der Waals surface area contributed by atoms with Crippen LogP contribution >= 0.6 is 11.8 Å². The highest BCUT2D eigenvalue weighted by Gasteiger charge is 2.22. The van der Waals surface area contributed by atoms with Gasteiger partial charge in [0.05, 0.1) is 12.7 Å². The molecular weight excluding hydrogens is 160 g/mol. The van der Waals surface area contributed by atoms with Gasteiger partial charge in [0.1, 0.15) is 0 Å². The van der Waals surface area contributed by atoms with Crippen LogP contribution in [0.2, 0.25) is 0 Å². The highest BCUT2D eigenvalue weighted by Crippen LogP contribution is 2.19. The predicted octanol–water partition coefficient (Wildman–Crippen LogP) is 0.967. The lowest BCUT2D eigenvalue weighted by Crippen LogP contribution is -1.91. The van der Waals surface area contributed by atoms with E-state index in [1.54, 1.807) is 24.2 Å². The molecule has 0 spiro atoms. The lowest BCUT2D eigenvalue weighted by molar-refractivity contribution is 0.426. The first kappa shape index (κ1) is 7.06. The van der Waals surface area contributed by atoms with Crippen LogP contribution < -0.4 is 0 Å². The van der Waals surface area contributed by atoms with Crippen molar-refractivity contribution in [3.63, 3.8) is 0 Å². The number of rotatable bonds is 3. The average Bonchev–Trinajstić information content (AvgIpc) is 2.86. The van der Waals surface area contributed by atoms with Gasteiger partial charge in [0.2, 0.25) is 0 Å². The second-order valence-electron chi connectivity index (χ2n) is 2.30. The molecule has 0 amide bonds. The van der Waals surface area contributed by atoms with Crippen molar-refractivity contribution in [3.8, 4) is 0 Å². The first-order valence-electron chi connectivity index (χ1n) is 3.46. The van der Waals surface area contributed by atoms with Gasteiger partial charge in [-0.3, -0.25) is 0 Å². The van der Waals surface area contributed by atoms with Crippen molar-refractivity contribution < 1.29 is 4.74 Å². The molecule has 3 nitrogen and oxygen atoms in total. The summed E-state index contributed by atoms with van der Waals surface area (Å²) in [6.07, 6.45) is 3.95. The van der Waals surface area contributed by atoms with Crippen LogP contribution in [0.15, 0.2) is 23.6 Å². The van der Waals surface area contributed by atoms with E-state index in [-0.39, 0.29) is 0 Å². The molecule has 11 heavy (non-hydrogen) atoms. The summed E-state index contributed by atoms with van der Waals surface area (Å²) in [7, 11) is 0. The lowest BCUT2D eigenvalue weighted by atomic mass is 10.6. The van der Waals surface area contributed by atoms with E-state index in [9.17, 15) is 0 Å². The van der Waals surface area contributed by atoms with E-state index >= 15 is 0 Å². The summed E-state index contributed by atoms with van der Waals surface area (Å²) in [6.45, 7) is 0.903. The van der Waals surface area contributed by atoms with E-state index in [1.165, 1.54) is 0 Å². The maximum Gasteiger partial charge on any atom is 0.187 e. The Balaban J connectivity index is 1.85. The minimum Gasteiger partial charge on any atom is -0.372 e. The number of epoxide rings is 1. The molecule has 0 aliphatic carbocycles. The molecule has 1 saturated heterocycles. The van der Waals surface area contributed by atoms with Gasteiger partial charge in [-0.05, 0) is 6.07 Å². The fraction of sp³-hybridized carbons (Fsp3) is 0.429. The van der Waals surface area contributed by atoms with Crippen molar-refractivity contribution in [3.05, 3.63) is 18.5 Å². The Morgan fingerprint density at radius 3 is 2.91 bits per heavy atom. The van der Waals surface area contributed by atoms with Crippen LogP contribution in [0, 0.1) is 0 Å². The van der Waals surface area contributed by atoms with Gasteiger partial charge in [-0.25, -0.2) is 9.97 Å². The Labute approximate surface area is 69.2 Å². The maximum absolute atomic E-state index is 5.05. The van der Waals surface area contributed by atoms with Gasteiger partial charge in [0.15, 0.2) is 5.16 Å². The van der Waals surface area contributed by atoms with Gasteiger partial charge < -0.3 is 4.74 Å². The van der Waals surface area contributed by atoms with Crippen LogP contribution in [-0.4, -0.2) is 28.4 Å². The number of ether oxygens (including phenoxy) is 1. The highest BCUT2D eigenvalue weighted by molar-refractivity contribution is 7.99. The Morgan fingerprint density at radius 2 is 2.27 bits per heavy atom. The zero-order valence-electron chi connectivity index (χ0n) is 5.93. The minimum atomic E-state index is 0.448. The van der Waals surface area contributed by atoms with Crippen LogP contribution in [0.3, 0.4) is 0 Å². The van der Waals surface area contributed by atoms with Crippen LogP contribution in [0.25, 0.3) is 0 Å². The fourth-order valence-corrected chi connectivity index (χ4v) is 1.49. The van der Waals surface area contributed by atoms with E-state index in [0.29, 0.717) is 6.10 Å². The molecule has 1 aliphatic rings. The zero-order chi connectivity index (χ0) is 7.52. The molecule has 1 aliphatic heterocycles. The molecular formula is C7H8N2OS. The van der Waals surface area contributed by atoms with Crippen molar-refractivity contribution >= 4 is 11.8 Å². The van der Waals surface area contributed by atoms with Gasteiger partial charge in [-0.2, -0.15) is 0 Å². The van der Waals surface area contributed by atoms with E-state index in [4.69, 9.17) is 4.74 Å². The Morgan fingerprint density at radius 1 is 1.55 bits per heavy atom. The van der Waals surface area contributed by atoms with Crippen molar-refractivity contribution in [2.75, 3.05) is 12.4 Å². The van der Waals surface area contributed by atoms with Crippen molar-refractivity contribution in [2.24, 2.45) is 0 Å². The van der Waals surface area contributed by atoms with Gasteiger partial charge in [-0.1, -0.05) is 11.8 Å². The number of thioether (sulfide) groups is 1. The second-order valence-corrected chi connectivity index (χ2v) is 3.28. The quantitative estimate of drug-likeness (QED) is 0.383. The smallest absolute Gasteiger partial charge is 0.187 e. The number of aromatic nitrogens is 2. The third-order valence-electron chi connectivity index (χ3n) is 1.34. The SMILES string of the molecule is c1cnc(SCC2CO2)nc1. The lowest BCUT2D eigenvalue weighted by Gasteiger charge is -1.93. The molecule has 2 heterocycles. The molecule has 0 saturated carbocycles. The van der Waals surface area contributed by atoms with Gasteiger partial charge in [0, 0.05) is 18.1 Å². The van der Waals surface area contributed by atoms with Crippen LogP contribution in [0.1, 0.15) is 0 Å². The molecule has 0 N–H and O–H groups in total. The fourth-order valence-electron chi connectivity index (χ4n) is 0.692. The summed E-state index contributed by atoms with van der Waals surface area (Å²) in [6, 6.07) is 1.82. The molecule has 0 bridgehead atoms. The molecule has 1 atom stereocenters. The van der Waals surface area contributed by atoms with E-state index in [1.807, 2.05) is 6.07 Å². The molecule has 1 unspecified atom stereocenters.